The van der Waals surface area contributed by atoms with E-state index in [4.69, 9.17) is 16.3 Å². The molecular formula is C22H20ClF5N4O2. The molecular weight excluding hydrogens is 483 g/mol. The second-order valence-electron chi connectivity index (χ2n) is 8.36. The van der Waals surface area contributed by atoms with E-state index >= 15 is 0 Å². The lowest BCUT2D eigenvalue weighted by molar-refractivity contribution is -0.154. The minimum Gasteiger partial charge on any atom is -0.478 e. The summed E-state index contributed by atoms with van der Waals surface area (Å²) in [4.78, 5) is 12.6. The fourth-order valence-electron chi connectivity index (χ4n) is 3.52. The summed E-state index contributed by atoms with van der Waals surface area (Å²) in [6.45, 7) is -1.26. The van der Waals surface area contributed by atoms with Crippen molar-refractivity contribution >= 4 is 17.4 Å². The number of aromatic nitrogens is 4. The molecule has 182 valence electrons. The number of Topliss-reactive ketones (excluding diaryl/α,β-unsaturated/α-hetero) is 1. The Morgan fingerprint density at radius 1 is 1.21 bits per heavy atom. The third kappa shape index (κ3) is 5.24. The van der Waals surface area contributed by atoms with Crippen molar-refractivity contribution in [3.05, 3.63) is 46.9 Å². The number of aryl methyl sites for hydroxylation is 1. The van der Waals surface area contributed by atoms with Crippen LogP contribution in [0.3, 0.4) is 0 Å². The molecule has 0 amide bonds. The molecule has 0 N–H and O–H groups in total. The molecule has 2 aromatic heterocycles. The van der Waals surface area contributed by atoms with Gasteiger partial charge in [-0.3, -0.25) is 4.79 Å². The van der Waals surface area contributed by atoms with Gasteiger partial charge in [0.1, 0.15) is 0 Å². The Hall–Kier alpha value is -2.95. The molecule has 1 saturated carbocycles. The molecule has 1 aromatic carbocycles. The maximum absolute atomic E-state index is 14.1. The number of rotatable bonds is 8. The van der Waals surface area contributed by atoms with Gasteiger partial charge in [-0.05, 0) is 36.5 Å². The number of benzene rings is 1. The molecule has 6 nitrogen and oxygen atoms in total. The molecule has 1 fully saturated rings. The van der Waals surface area contributed by atoms with Gasteiger partial charge in [-0.25, -0.2) is 9.36 Å². The van der Waals surface area contributed by atoms with Crippen LogP contribution in [0.2, 0.25) is 5.02 Å². The average molecular weight is 503 g/mol. The second-order valence-corrected chi connectivity index (χ2v) is 8.76. The fourth-order valence-corrected chi connectivity index (χ4v) is 3.75. The normalized spacial score (nSPS) is 14.5. The Bertz CT molecular complexity index is 1230. The summed E-state index contributed by atoms with van der Waals surface area (Å²) >= 11 is 6.21. The maximum atomic E-state index is 14.1. The summed E-state index contributed by atoms with van der Waals surface area (Å²) in [6.07, 6.45) is 0.507. The standard InChI is InChI=1S/C22H20ClF5N4O2/c1-21(24,25)19-18(34-11-22(26,27)28)20(31(2)30-19)32-10-14(9-29-32)13-5-6-16(23)15(8-13)17(33)7-12-3-4-12/h5-6,8-10,12H,3-4,7,11H2,1-2H3. The van der Waals surface area contributed by atoms with Crippen molar-refractivity contribution in [1.82, 2.24) is 19.6 Å². The van der Waals surface area contributed by atoms with Crippen LogP contribution >= 0.6 is 11.6 Å². The number of hydrogen-bond donors (Lipinski definition) is 0. The zero-order chi connectivity index (χ0) is 24.8. The van der Waals surface area contributed by atoms with Gasteiger partial charge in [-0.15, -0.1) is 0 Å². The van der Waals surface area contributed by atoms with Crippen molar-refractivity contribution in [2.45, 2.75) is 38.3 Å². The zero-order valence-electron chi connectivity index (χ0n) is 18.2. The summed E-state index contributed by atoms with van der Waals surface area (Å²) in [6, 6.07) is 4.85. The number of ketones is 1. The maximum Gasteiger partial charge on any atom is 0.422 e. The van der Waals surface area contributed by atoms with Crippen molar-refractivity contribution in [2.24, 2.45) is 13.0 Å². The Labute approximate surface area is 196 Å². The Kier molecular flexibility index (Phi) is 6.17. The van der Waals surface area contributed by atoms with Crippen LogP contribution in [0.15, 0.2) is 30.6 Å². The molecule has 3 aromatic rings. The highest BCUT2D eigenvalue weighted by Gasteiger charge is 2.38. The lowest BCUT2D eigenvalue weighted by Crippen LogP contribution is -2.21. The minimum absolute atomic E-state index is 0.0777. The van der Waals surface area contributed by atoms with E-state index in [1.54, 1.807) is 18.2 Å². The van der Waals surface area contributed by atoms with Gasteiger partial charge in [-0.1, -0.05) is 17.7 Å². The monoisotopic (exact) mass is 502 g/mol. The summed E-state index contributed by atoms with van der Waals surface area (Å²) < 4.78 is 73.2. The van der Waals surface area contributed by atoms with E-state index in [-0.39, 0.29) is 11.6 Å². The number of hydrogen-bond acceptors (Lipinski definition) is 4. The van der Waals surface area contributed by atoms with Crippen LogP contribution in [0.5, 0.6) is 5.75 Å². The van der Waals surface area contributed by atoms with Crippen LogP contribution in [0.4, 0.5) is 22.0 Å². The molecule has 0 bridgehead atoms. The van der Waals surface area contributed by atoms with Gasteiger partial charge < -0.3 is 4.74 Å². The first-order chi connectivity index (χ1) is 15.8. The highest BCUT2D eigenvalue weighted by Crippen LogP contribution is 2.39. The number of carbonyl (C=O) groups is 1. The Morgan fingerprint density at radius 2 is 1.91 bits per heavy atom. The van der Waals surface area contributed by atoms with Crippen LogP contribution in [-0.4, -0.2) is 38.1 Å². The van der Waals surface area contributed by atoms with Gasteiger partial charge in [0.15, 0.2) is 29.7 Å². The molecule has 0 unspecified atom stereocenters. The van der Waals surface area contributed by atoms with E-state index in [0.29, 0.717) is 41.0 Å². The van der Waals surface area contributed by atoms with Gasteiger partial charge in [0.05, 0.1) is 11.2 Å². The predicted molar refractivity (Wildman–Crippen MR) is 114 cm³/mol. The molecule has 0 saturated heterocycles. The summed E-state index contributed by atoms with van der Waals surface area (Å²) in [5, 5.41) is 8.10. The van der Waals surface area contributed by atoms with Crippen molar-refractivity contribution < 1.29 is 31.5 Å². The van der Waals surface area contributed by atoms with Crippen molar-refractivity contribution in [3.8, 4) is 22.7 Å². The number of alkyl halides is 5. The van der Waals surface area contributed by atoms with Crippen LogP contribution in [0.25, 0.3) is 16.9 Å². The molecule has 0 atom stereocenters. The molecule has 34 heavy (non-hydrogen) atoms. The highest BCUT2D eigenvalue weighted by atomic mass is 35.5. The Balaban J connectivity index is 1.71. The smallest absolute Gasteiger partial charge is 0.422 e. The molecule has 1 aliphatic rings. The van der Waals surface area contributed by atoms with Crippen LogP contribution in [-0.2, 0) is 13.0 Å². The largest absolute Gasteiger partial charge is 0.478 e. The van der Waals surface area contributed by atoms with Gasteiger partial charge >= 0.3 is 6.18 Å². The number of carbonyl (C=O) groups excluding carboxylic acids is 1. The molecule has 0 spiro atoms. The predicted octanol–water partition coefficient (Wildman–Crippen LogP) is 5.96. The molecule has 12 heteroatoms. The number of nitrogens with zero attached hydrogens (tertiary/aromatic N) is 4. The lowest BCUT2D eigenvalue weighted by Gasteiger charge is -2.13. The van der Waals surface area contributed by atoms with Crippen LogP contribution in [0, 0.1) is 5.92 Å². The summed E-state index contributed by atoms with van der Waals surface area (Å²) in [5.74, 6) is -4.18. The molecule has 0 aliphatic heterocycles. The summed E-state index contributed by atoms with van der Waals surface area (Å²) in [7, 11) is 1.29. The van der Waals surface area contributed by atoms with Gasteiger partial charge in [-0.2, -0.15) is 32.1 Å². The van der Waals surface area contributed by atoms with Crippen molar-refractivity contribution in [2.75, 3.05) is 6.61 Å². The molecule has 1 aliphatic carbocycles. The van der Waals surface area contributed by atoms with Crippen LogP contribution < -0.4 is 4.74 Å². The SMILES string of the molecule is Cn1nc(C(C)(F)F)c(OCC(F)(F)F)c1-n1cc(-c2ccc(Cl)c(C(=O)CC3CC3)c2)cn1. The number of ether oxygens (including phenoxy) is 1. The van der Waals surface area contributed by atoms with E-state index in [1.165, 1.54) is 19.4 Å². The first-order valence-corrected chi connectivity index (χ1v) is 10.7. The number of halogens is 6. The lowest BCUT2D eigenvalue weighted by atomic mass is 10.0. The van der Waals surface area contributed by atoms with Crippen LogP contribution in [0.1, 0.15) is 42.2 Å². The highest BCUT2D eigenvalue weighted by molar-refractivity contribution is 6.34. The third-order valence-corrected chi connectivity index (χ3v) is 5.67. The van der Waals surface area contributed by atoms with Gasteiger partial charge in [0, 0.05) is 37.7 Å². The van der Waals surface area contributed by atoms with Crippen molar-refractivity contribution in [3.63, 3.8) is 0 Å². The first kappa shape index (κ1) is 24.2. The van der Waals surface area contributed by atoms with E-state index in [2.05, 4.69) is 10.2 Å². The first-order valence-electron chi connectivity index (χ1n) is 10.4. The zero-order valence-corrected chi connectivity index (χ0v) is 18.9. The minimum atomic E-state index is -4.74. The topological polar surface area (TPSA) is 61.9 Å². The third-order valence-electron chi connectivity index (χ3n) is 5.34. The average Bonchev–Trinajstić information content (AvgIpc) is 3.28. The van der Waals surface area contributed by atoms with Crippen molar-refractivity contribution in [1.29, 1.82) is 0 Å². The fraction of sp³-hybridized carbons (Fsp3) is 0.409. The van der Waals surface area contributed by atoms with Gasteiger partial charge in [0.2, 0.25) is 0 Å². The van der Waals surface area contributed by atoms with E-state index < -0.39 is 30.1 Å². The summed E-state index contributed by atoms with van der Waals surface area (Å²) in [5.41, 5.74) is 0.493. The quantitative estimate of drug-likeness (QED) is 0.281. The molecule has 4 rings (SSSR count). The molecule has 0 radical (unpaired) electrons. The second kappa shape index (κ2) is 8.68. The van der Waals surface area contributed by atoms with E-state index in [0.717, 1.165) is 22.2 Å². The van der Waals surface area contributed by atoms with E-state index in [1.807, 2.05) is 0 Å². The molecule has 2 heterocycles. The van der Waals surface area contributed by atoms with Gasteiger partial charge in [0.25, 0.3) is 5.92 Å². The Morgan fingerprint density at radius 3 is 2.53 bits per heavy atom. The van der Waals surface area contributed by atoms with E-state index in [9.17, 15) is 26.7 Å².